The molecule has 1 atom stereocenters. The highest BCUT2D eigenvalue weighted by atomic mass is 35.5. The Bertz CT molecular complexity index is 355. The van der Waals surface area contributed by atoms with Crippen molar-refractivity contribution in [3.05, 3.63) is 22.8 Å². The average Bonchev–Trinajstić information content (AvgIpc) is 2.48. The van der Waals surface area contributed by atoms with Crippen LogP contribution in [0.5, 0.6) is 0 Å². The van der Waals surface area contributed by atoms with Crippen molar-refractivity contribution in [3.8, 4) is 0 Å². The van der Waals surface area contributed by atoms with E-state index in [4.69, 9.17) is 11.6 Å². The van der Waals surface area contributed by atoms with Gasteiger partial charge in [-0.3, -0.25) is 0 Å². The van der Waals surface area contributed by atoms with Gasteiger partial charge in [-0.05, 0) is 17.9 Å². The summed E-state index contributed by atoms with van der Waals surface area (Å²) in [6, 6.07) is 2.29. The molecule has 0 saturated carbocycles. The Morgan fingerprint density at radius 2 is 2.21 bits per heavy atom. The van der Waals surface area contributed by atoms with E-state index in [1.807, 2.05) is 6.07 Å². The zero-order chi connectivity index (χ0) is 10.3. The van der Waals surface area contributed by atoms with Gasteiger partial charge in [-0.15, -0.1) is 0 Å². The van der Waals surface area contributed by atoms with Crippen molar-refractivity contribution in [2.75, 3.05) is 5.32 Å². The van der Waals surface area contributed by atoms with Crippen LogP contribution in [0.25, 0.3) is 0 Å². The van der Waals surface area contributed by atoms with E-state index >= 15 is 0 Å². The number of fused-ring (bicyclic) bond motifs is 1. The van der Waals surface area contributed by atoms with Gasteiger partial charge in [0.25, 0.3) is 0 Å². The van der Waals surface area contributed by atoms with Crippen LogP contribution in [0.4, 0.5) is 5.82 Å². The number of pyridine rings is 1. The highest BCUT2D eigenvalue weighted by Crippen LogP contribution is 2.36. The van der Waals surface area contributed by atoms with Crippen LogP contribution in [-0.2, 0) is 6.42 Å². The fraction of sp³-hybridized carbons (Fsp3) is 0.545. The van der Waals surface area contributed by atoms with Crippen molar-refractivity contribution >= 4 is 17.4 Å². The second kappa shape index (κ2) is 3.13. The number of halogens is 1. The molecule has 1 aromatic heterocycles. The van der Waals surface area contributed by atoms with Crippen molar-refractivity contribution in [2.45, 2.75) is 33.2 Å². The predicted molar refractivity (Wildman–Crippen MR) is 59.8 cm³/mol. The molecule has 3 heteroatoms. The first-order valence-electron chi connectivity index (χ1n) is 4.88. The maximum Gasteiger partial charge on any atom is 0.130 e. The smallest absolute Gasteiger partial charge is 0.130 e. The Hall–Kier alpha value is -0.760. The standard InChI is InChI=1S/C11H15ClN2/c1-11(2,3)9-6-7-8(12)4-5-13-10(7)14-9/h4-5,9H,6H2,1-3H3,(H,13,14). The third-order valence-corrected chi connectivity index (χ3v) is 3.12. The molecule has 0 spiro atoms. The number of hydrogen-bond donors (Lipinski definition) is 1. The molecule has 76 valence electrons. The molecule has 0 amide bonds. The zero-order valence-electron chi connectivity index (χ0n) is 8.76. The predicted octanol–water partition coefficient (Wildman–Crippen LogP) is 3.12. The largest absolute Gasteiger partial charge is 0.366 e. The second-order valence-electron chi connectivity index (χ2n) is 4.89. The normalized spacial score (nSPS) is 20.4. The van der Waals surface area contributed by atoms with Gasteiger partial charge < -0.3 is 5.32 Å². The van der Waals surface area contributed by atoms with E-state index in [0.29, 0.717) is 6.04 Å². The van der Waals surface area contributed by atoms with Gasteiger partial charge in [0, 0.05) is 22.8 Å². The molecule has 1 aromatic rings. The number of rotatable bonds is 0. The highest BCUT2D eigenvalue weighted by Gasteiger charge is 2.32. The summed E-state index contributed by atoms with van der Waals surface area (Å²) in [7, 11) is 0. The Morgan fingerprint density at radius 3 is 2.79 bits per heavy atom. The summed E-state index contributed by atoms with van der Waals surface area (Å²) in [4.78, 5) is 4.29. The molecule has 0 radical (unpaired) electrons. The topological polar surface area (TPSA) is 24.9 Å². The van der Waals surface area contributed by atoms with Crippen LogP contribution in [0.2, 0.25) is 5.02 Å². The van der Waals surface area contributed by atoms with E-state index < -0.39 is 0 Å². The highest BCUT2D eigenvalue weighted by molar-refractivity contribution is 6.31. The lowest BCUT2D eigenvalue weighted by Gasteiger charge is -2.26. The summed E-state index contributed by atoms with van der Waals surface area (Å²) in [5.74, 6) is 0.956. The summed E-state index contributed by atoms with van der Waals surface area (Å²) in [6.45, 7) is 6.68. The van der Waals surface area contributed by atoms with Crippen molar-refractivity contribution in [3.63, 3.8) is 0 Å². The quantitative estimate of drug-likeness (QED) is 0.712. The Morgan fingerprint density at radius 1 is 1.50 bits per heavy atom. The van der Waals surface area contributed by atoms with Crippen LogP contribution < -0.4 is 5.32 Å². The third kappa shape index (κ3) is 1.59. The van der Waals surface area contributed by atoms with Crippen molar-refractivity contribution in [1.82, 2.24) is 4.98 Å². The lowest BCUT2D eigenvalue weighted by atomic mass is 9.85. The van der Waals surface area contributed by atoms with Crippen molar-refractivity contribution in [1.29, 1.82) is 0 Å². The van der Waals surface area contributed by atoms with Gasteiger partial charge in [0.2, 0.25) is 0 Å². The van der Waals surface area contributed by atoms with Crippen molar-refractivity contribution in [2.24, 2.45) is 5.41 Å². The van der Waals surface area contributed by atoms with Crippen LogP contribution >= 0.6 is 11.6 Å². The van der Waals surface area contributed by atoms with Gasteiger partial charge in [0.15, 0.2) is 0 Å². The summed E-state index contributed by atoms with van der Waals surface area (Å²) in [6.07, 6.45) is 2.73. The van der Waals surface area contributed by atoms with Gasteiger partial charge in [0.1, 0.15) is 5.82 Å². The molecule has 0 bridgehead atoms. The molecule has 1 N–H and O–H groups in total. The number of anilines is 1. The summed E-state index contributed by atoms with van der Waals surface area (Å²) in [5, 5.41) is 4.25. The average molecular weight is 211 g/mol. The molecular weight excluding hydrogens is 196 g/mol. The molecular formula is C11H15ClN2. The minimum atomic E-state index is 0.240. The van der Waals surface area contributed by atoms with Gasteiger partial charge in [0.05, 0.1) is 0 Å². The lowest BCUT2D eigenvalue weighted by Crippen LogP contribution is -2.31. The molecule has 0 aromatic carbocycles. The molecule has 2 heterocycles. The number of nitrogens with one attached hydrogen (secondary N) is 1. The molecule has 1 unspecified atom stereocenters. The van der Waals surface area contributed by atoms with E-state index in [0.717, 1.165) is 22.8 Å². The van der Waals surface area contributed by atoms with E-state index in [2.05, 4.69) is 31.1 Å². The van der Waals surface area contributed by atoms with E-state index in [1.165, 1.54) is 0 Å². The maximum absolute atomic E-state index is 6.11. The van der Waals surface area contributed by atoms with E-state index in [-0.39, 0.29) is 5.41 Å². The molecule has 1 aliphatic heterocycles. The fourth-order valence-electron chi connectivity index (χ4n) is 1.73. The van der Waals surface area contributed by atoms with Crippen LogP contribution in [0.15, 0.2) is 12.3 Å². The minimum Gasteiger partial charge on any atom is -0.366 e. The lowest BCUT2D eigenvalue weighted by molar-refractivity contribution is 0.347. The third-order valence-electron chi connectivity index (χ3n) is 2.76. The molecule has 0 saturated heterocycles. The number of nitrogens with zero attached hydrogens (tertiary/aromatic N) is 1. The summed E-state index contributed by atoms with van der Waals surface area (Å²) < 4.78 is 0. The molecule has 0 aliphatic carbocycles. The number of aromatic nitrogens is 1. The van der Waals surface area contributed by atoms with E-state index in [9.17, 15) is 0 Å². The monoisotopic (exact) mass is 210 g/mol. The summed E-state index contributed by atoms with van der Waals surface area (Å²) in [5.41, 5.74) is 1.40. The van der Waals surface area contributed by atoms with Gasteiger partial charge >= 0.3 is 0 Å². The Labute approximate surface area is 89.7 Å². The molecule has 1 aliphatic rings. The minimum absolute atomic E-state index is 0.240. The van der Waals surface area contributed by atoms with Gasteiger partial charge in [-0.2, -0.15) is 0 Å². The van der Waals surface area contributed by atoms with Crippen LogP contribution in [0.1, 0.15) is 26.3 Å². The number of hydrogen-bond acceptors (Lipinski definition) is 2. The zero-order valence-corrected chi connectivity index (χ0v) is 9.52. The van der Waals surface area contributed by atoms with Crippen LogP contribution in [0.3, 0.4) is 0 Å². The fourth-order valence-corrected chi connectivity index (χ4v) is 1.95. The van der Waals surface area contributed by atoms with Crippen LogP contribution in [0, 0.1) is 5.41 Å². The molecule has 2 nitrogen and oxygen atoms in total. The van der Waals surface area contributed by atoms with Crippen molar-refractivity contribution < 1.29 is 0 Å². The molecule has 14 heavy (non-hydrogen) atoms. The first kappa shape index (κ1) is 9.78. The molecule has 2 rings (SSSR count). The first-order valence-corrected chi connectivity index (χ1v) is 5.26. The van der Waals surface area contributed by atoms with Gasteiger partial charge in [-0.25, -0.2) is 4.98 Å². The SMILES string of the molecule is CC(C)(C)C1Cc2c(Cl)ccnc2N1. The Balaban J connectivity index is 2.31. The molecule has 0 fully saturated rings. The summed E-state index contributed by atoms with van der Waals surface area (Å²) >= 11 is 6.11. The first-order chi connectivity index (χ1) is 6.48. The van der Waals surface area contributed by atoms with Gasteiger partial charge in [-0.1, -0.05) is 32.4 Å². The Kier molecular flexibility index (Phi) is 2.18. The van der Waals surface area contributed by atoms with Crippen LogP contribution in [-0.4, -0.2) is 11.0 Å². The second-order valence-corrected chi connectivity index (χ2v) is 5.29. The maximum atomic E-state index is 6.11. The van der Waals surface area contributed by atoms with E-state index in [1.54, 1.807) is 6.20 Å².